The molecule has 1 aliphatic rings. The molecule has 8 heteroatoms. The number of benzene rings is 1. The monoisotopic (exact) mass is 480 g/mol. The van der Waals surface area contributed by atoms with Gasteiger partial charge in [-0.15, -0.1) is 11.8 Å². The van der Waals surface area contributed by atoms with E-state index in [2.05, 4.69) is 16.4 Å². The summed E-state index contributed by atoms with van der Waals surface area (Å²) in [6.07, 6.45) is 10.1. The lowest BCUT2D eigenvalue weighted by Crippen LogP contribution is -2.23. The average Bonchev–Trinajstić information content (AvgIpc) is 3.23. The van der Waals surface area contributed by atoms with Crippen molar-refractivity contribution in [3.8, 4) is 0 Å². The normalized spacial score (nSPS) is 15.8. The highest BCUT2D eigenvalue weighted by Gasteiger charge is 2.36. The van der Waals surface area contributed by atoms with E-state index in [-0.39, 0.29) is 17.4 Å². The fourth-order valence-corrected chi connectivity index (χ4v) is 6.03. The maximum Gasteiger partial charge on any atom is 0.325 e. The van der Waals surface area contributed by atoms with Gasteiger partial charge in [-0.05, 0) is 73.6 Å². The van der Waals surface area contributed by atoms with E-state index < -0.39 is 7.60 Å². The van der Waals surface area contributed by atoms with Crippen LogP contribution < -0.4 is 5.32 Å². The van der Waals surface area contributed by atoms with Gasteiger partial charge < -0.3 is 15.1 Å². The van der Waals surface area contributed by atoms with Crippen molar-refractivity contribution in [3.63, 3.8) is 0 Å². The molecule has 0 amide bonds. The average molecular weight is 481 g/mol. The van der Waals surface area contributed by atoms with Crippen LogP contribution in [0, 0.1) is 5.82 Å². The Labute approximate surface area is 194 Å². The first-order valence-corrected chi connectivity index (χ1v) is 14.2. The topological polar surface area (TPSA) is 82.5 Å². The fraction of sp³-hybridized carbons (Fsp3) is 0.542. The van der Waals surface area contributed by atoms with Crippen LogP contribution in [0.25, 0.3) is 0 Å². The predicted octanol–water partition coefficient (Wildman–Crippen LogP) is 5.65. The van der Waals surface area contributed by atoms with Crippen molar-refractivity contribution in [2.45, 2.75) is 68.2 Å². The van der Waals surface area contributed by atoms with Crippen LogP contribution in [0.2, 0.25) is 0 Å². The molecule has 1 aromatic carbocycles. The SMILES string of the molecule is O=P(O)(O)CCCNCc1ccc(SCCCCC2(c3ccccc3F)CCCC2)cn1. The lowest BCUT2D eigenvalue weighted by molar-refractivity contribution is 0.371. The van der Waals surface area contributed by atoms with Crippen LogP contribution in [0.3, 0.4) is 0 Å². The highest BCUT2D eigenvalue weighted by molar-refractivity contribution is 7.99. The summed E-state index contributed by atoms with van der Waals surface area (Å²) in [6, 6.07) is 11.4. The van der Waals surface area contributed by atoms with E-state index in [1.807, 2.05) is 24.4 Å². The van der Waals surface area contributed by atoms with Crippen molar-refractivity contribution in [2.24, 2.45) is 0 Å². The number of aromatic nitrogens is 1. The zero-order valence-corrected chi connectivity index (χ0v) is 20.2. The minimum atomic E-state index is -3.90. The minimum Gasteiger partial charge on any atom is -0.324 e. The van der Waals surface area contributed by atoms with Crippen molar-refractivity contribution in [2.75, 3.05) is 18.5 Å². The predicted molar refractivity (Wildman–Crippen MR) is 129 cm³/mol. The van der Waals surface area contributed by atoms with Gasteiger partial charge in [0.05, 0.1) is 11.9 Å². The van der Waals surface area contributed by atoms with Crippen LogP contribution in [-0.4, -0.2) is 33.2 Å². The quantitative estimate of drug-likeness (QED) is 0.195. The van der Waals surface area contributed by atoms with Crippen LogP contribution >= 0.6 is 19.4 Å². The van der Waals surface area contributed by atoms with Gasteiger partial charge in [0.25, 0.3) is 0 Å². The molecule has 5 nitrogen and oxygen atoms in total. The molecule has 0 atom stereocenters. The zero-order valence-electron chi connectivity index (χ0n) is 18.5. The minimum absolute atomic E-state index is 0.0253. The largest absolute Gasteiger partial charge is 0.325 e. The third-order valence-electron chi connectivity index (χ3n) is 6.23. The summed E-state index contributed by atoms with van der Waals surface area (Å²) in [4.78, 5) is 23.3. The Morgan fingerprint density at radius 1 is 1.09 bits per heavy atom. The molecule has 1 heterocycles. The molecule has 0 saturated heterocycles. The molecule has 0 bridgehead atoms. The number of halogens is 1. The van der Waals surface area contributed by atoms with Gasteiger partial charge in [-0.25, -0.2) is 4.39 Å². The maximum absolute atomic E-state index is 14.4. The second-order valence-electron chi connectivity index (χ2n) is 8.68. The summed E-state index contributed by atoms with van der Waals surface area (Å²) in [7, 11) is -3.90. The fourth-order valence-electron chi connectivity index (χ4n) is 4.58. The summed E-state index contributed by atoms with van der Waals surface area (Å²) in [6.45, 7) is 1.14. The number of unbranched alkanes of at least 4 members (excludes halogenated alkanes) is 1. The third kappa shape index (κ3) is 7.96. The standard InChI is InChI=1S/C24H34FN2O3PS/c25-23-9-2-1-8-22(23)24(12-3-4-13-24)14-5-6-17-32-21-11-10-20(27-19-21)18-26-15-7-16-31(28,29)30/h1-2,8-11,19,26H,3-7,12-18H2,(H2,28,29,30). The van der Waals surface area contributed by atoms with Crippen molar-refractivity contribution in [3.05, 3.63) is 59.7 Å². The number of nitrogens with zero attached hydrogens (tertiary/aromatic N) is 1. The van der Waals surface area contributed by atoms with Gasteiger partial charge in [-0.2, -0.15) is 0 Å². The second-order valence-corrected chi connectivity index (χ2v) is 11.6. The smallest absolute Gasteiger partial charge is 0.324 e. The van der Waals surface area contributed by atoms with E-state index in [9.17, 15) is 8.96 Å². The summed E-state index contributed by atoms with van der Waals surface area (Å²) in [5.41, 5.74) is 1.86. The van der Waals surface area contributed by atoms with Gasteiger partial charge in [-0.3, -0.25) is 9.55 Å². The molecule has 0 aliphatic heterocycles. The molecule has 1 fully saturated rings. The van der Waals surface area contributed by atoms with Crippen molar-refractivity contribution < 1.29 is 18.7 Å². The number of thioether (sulfide) groups is 1. The van der Waals surface area contributed by atoms with Gasteiger partial charge in [0.2, 0.25) is 0 Å². The van der Waals surface area contributed by atoms with Crippen LogP contribution in [-0.2, 0) is 16.5 Å². The van der Waals surface area contributed by atoms with Gasteiger partial charge in [-0.1, -0.05) is 37.5 Å². The Hall–Kier alpha value is -1.24. The van der Waals surface area contributed by atoms with E-state index in [1.54, 1.807) is 23.9 Å². The number of hydrogen-bond acceptors (Lipinski definition) is 4. The second kappa shape index (κ2) is 12.3. The van der Waals surface area contributed by atoms with Crippen molar-refractivity contribution in [1.82, 2.24) is 10.3 Å². The molecular weight excluding hydrogens is 446 g/mol. The number of rotatable bonds is 13. The van der Waals surface area contributed by atoms with Crippen LogP contribution in [0.15, 0.2) is 47.5 Å². The summed E-state index contributed by atoms with van der Waals surface area (Å²) >= 11 is 1.80. The summed E-state index contributed by atoms with van der Waals surface area (Å²) < 4.78 is 25.3. The Morgan fingerprint density at radius 2 is 1.88 bits per heavy atom. The molecule has 0 radical (unpaired) electrons. The molecule has 1 aromatic heterocycles. The van der Waals surface area contributed by atoms with E-state index in [0.29, 0.717) is 19.5 Å². The van der Waals surface area contributed by atoms with Gasteiger partial charge >= 0.3 is 7.60 Å². The highest BCUT2D eigenvalue weighted by atomic mass is 32.2. The number of hydrogen-bond donors (Lipinski definition) is 3. The maximum atomic E-state index is 14.4. The molecule has 1 saturated carbocycles. The third-order valence-corrected chi connectivity index (χ3v) is 8.20. The molecule has 0 spiro atoms. The van der Waals surface area contributed by atoms with Gasteiger partial charge in [0.1, 0.15) is 5.82 Å². The highest BCUT2D eigenvalue weighted by Crippen LogP contribution is 2.45. The van der Waals surface area contributed by atoms with Crippen molar-refractivity contribution in [1.29, 1.82) is 0 Å². The van der Waals surface area contributed by atoms with E-state index in [1.165, 1.54) is 12.8 Å². The lowest BCUT2D eigenvalue weighted by atomic mass is 9.75. The lowest BCUT2D eigenvalue weighted by Gasteiger charge is -2.30. The molecule has 1 aliphatic carbocycles. The Morgan fingerprint density at radius 3 is 2.56 bits per heavy atom. The first-order valence-electron chi connectivity index (χ1n) is 11.5. The van der Waals surface area contributed by atoms with Crippen LogP contribution in [0.5, 0.6) is 0 Å². The summed E-state index contributed by atoms with van der Waals surface area (Å²) in [5, 5.41) is 3.16. The molecule has 0 unspecified atom stereocenters. The Bertz CT molecular complexity index is 885. The molecule has 3 rings (SSSR count). The molecular formula is C24H34FN2O3PS. The van der Waals surface area contributed by atoms with Crippen LogP contribution in [0.4, 0.5) is 4.39 Å². The number of pyridine rings is 1. The Balaban J connectivity index is 1.36. The number of nitrogens with one attached hydrogen (secondary N) is 1. The summed E-state index contributed by atoms with van der Waals surface area (Å²) in [5.74, 6) is 0.973. The molecule has 3 N–H and O–H groups in total. The van der Waals surface area contributed by atoms with E-state index in [0.717, 1.165) is 54.0 Å². The van der Waals surface area contributed by atoms with Gasteiger partial charge in [0.15, 0.2) is 0 Å². The zero-order chi connectivity index (χ0) is 22.9. The first-order chi connectivity index (χ1) is 15.4. The molecule has 32 heavy (non-hydrogen) atoms. The molecule has 2 aromatic rings. The van der Waals surface area contributed by atoms with Gasteiger partial charge in [0, 0.05) is 17.6 Å². The Kier molecular flexibility index (Phi) is 9.75. The van der Waals surface area contributed by atoms with Crippen LogP contribution in [0.1, 0.15) is 62.6 Å². The van der Waals surface area contributed by atoms with E-state index >= 15 is 0 Å². The van der Waals surface area contributed by atoms with Crippen molar-refractivity contribution >= 4 is 19.4 Å². The first kappa shape index (κ1) is 25.4. The van der Waals surface area contributed by atoms with E-state index in [4.69, 9.17) is 9.79 Å². The molecule has 176 valence electrons.